The Balaban J connectivity index is 1.35. The van der Waals surface area contributed by atoms with Crippen molar-refractivity contribution in [2.24, 2.45) is 29.1 Å². The third-order valence-corrected chi connectivity index (χ3v) is 14.6. The third-order valence-electron chi connectivity index (χ3n) is 12.5. The number of ketones is 1. The van der Waals surface area contributed by atoms with Gasteiger partial charge in [0.25, 0.3) is 0 Å². The highest BCUT2D eigenvalue weighted by Crippen LogP contribution is 2.58. The molecule has 2 aliphatic carbocycles. The molecule has 3 heterocycles. The quantitative estimate of drug-likeness (QED) is 0.161. The molecule has 2 amide bonds. The molecule has 7 atom stereocenters. The molecule has 1 N–H and O–H groups in total. The zero-order chi connectivity index (χ0) is 42.4. The lowest BCUT2D eigenvalue weighted by atomic mass is 9.82. The van der Waals surface area contributed by atoms with Crippen LogP contribution in [0.4, 0.5) is 17.6 Å². The highest BCUT2D eigenvalue weighted by molar-refractivity contribution is 7.91. The van der Waals surface area contributed by atoms with Crippen molar-refractivity contribution in [3.8, 4) is 11.5 Å². The lowest BCUT2D eigenvalue weighted by Crippen LogP contribution is -2.49. The smallest absolute Gasteiger partial charge is 0.427 e. The monoisotopic (exact) mass is 837 g/mol. The number of pyridine rings is 1. The minimum atomic E-state index is -4.88. The standard InChI is InChI=1S/C41H51F4N3O9S/c1-24-8-6-7-9-26-20-40(26,37(52)47-58(53,54)39(23-42)13-14-39)21-33(49)32-18-28(56-34-12-15-46-31-17-27(55-5)10-11-29(31)34)22-48(32)36(51)30(25(2)16-24)19-35(50)57-38(3,4)41(43,44)45/h7,9-12,15,17,24-26,28,30,32H,6,8,13-14,16,18-23H2,1-5H3,(H,47,52)/b9-7-/t24-,25-,26-,28-,30+,32+,40-/m1/s1. The Morgan fingerprint density at radius 2 is 1.81 bits per heavy atom. The fourth-order valence-electron chi connectivity index (χ4n) is 8.31. The molecule has 12 nitrogen and oxygen atoms in total. The number of ether oxygens (including phenoxy) is 3. The predicted octanol–water partition coefficient (Wildman–Crippen LogP) is 6.41. The molecule has 0 spiro atoms. The summed E-state index contributed by atoms with van der Waals surface area (Å²) >= 11 is 0. The number of hydrogen-bond acceptors (Lipinski definition) is 10. The number of benzene rings is 1. The Morgan fingerprint density at radius 1 is 1.09 bits per heavy atom. The number of sulfonamides is 1. The Hall–Kier alpha value is -4.28. The van der Waals surface area contributed by atoms with E-state index in [4.69, 9.17) is 14.2 Å². The summed E-state index contributed by atoms with van der Waals surface area (Å²) in [6, 6.07) is 5.60. The van der Waals surface area contributed by atoms with Crippen LogP contribution in [0.2, 0.25) is 0 Å². The molecular formula is C41H51F4N3O9S. The summed E-state index contributed by atoms with van der Waals surface area (Å²) in [4.78, 5) is 62.3. The number of nitrogens with zero attached hydrogens (tertiary/aromatic N) is 2. The van der Waals surface area contributed by atoms with Gasteiger partial charge in [-0.15, -0.1) is 0 Å². The van der Waals surface area contributed by atoms with Crippen molar-refractivity contribution in [2.75, 3.05) is 20.3 Å². The molecule has 0 bridgehead atoms. The van der Waals surface area contributed by atoms with Crippen LogP contribution in [-0.2, 0) is 33.9 Å². The first-order valence-corrected chi connectivity index (χ1v) is 21.1. The summed E-state index contributed by atoms with van der Waals surface area (Å²) in [5, 5.41) is 0.618. The van der Waals surface area contributed by atoms with Gasteiger partial charge in [-0.3, -0.25) is 28.9 Å². The van der Waals surface area contributed by atoms with Gasteiger partial charge in [-0.05, 0) is 88.3 Å². The van der Waals surface area contributed by atoms with E-state index in [0.29, 0.717) is 41.7 Å². The molecule has 6 rings (SSSR count). The summed E-state index contributed by atoms with van der Waals surface area (Å²) in [5.74, 6) is -4.65. The number of allylic oxidation sites excluding steroid dienone is 2. The van der Waals surface area contributed by atoms with Crippen molar-refractivity contribution in [3.63, 3.8) is 0 Å². The molecule has 318 valence electrons. The van der Waals surface area contributed by atoms with Crippen LogP contribution in [-0.4, -0.2) is 90.9 Å². The van der Waals surface area contributed by atoms with Crippen molar-refractivity contribution in [2.45, 2.75) is 114 Å². The van der Waals surface area contributed by atoms with Crippen LogP contribution in [0.1, 0.15) is 85.5 Å². The summed E-state index contributed by atoms with van der Waals surface area (Å²) in [6.07, 6.45) is 0.170. The second kappa shape index (κ2) is 16.1. The molecule has 2 aliphatic heterocycles. The minimum Gasteiger partial charge on any atom is -0.497 e. The van der Waals surface area contributed by atoms with Crippen LogP contribution in [0.25, 0.3) is 10.9 Å². The number of amides is 2. The number of Topliss-reactive ketones (excluding diaryl/α,β-unsaturated/α-hetero) is 1. The minimum absolute atomic E-state index is 0.0127. The number of nitrogens with one attached hydrogen (secondary N) is 1. The molecule has 2 saturated carbocycles. The highest BCUT2D eigenvalue weighted by atomic mass is 32.2. The second-order valence-electron chi connectivity index (χ2n) is 17.2. The first-order valence-electron chi connectivity index (χ1n) is 19.7. The fourth-order valence-corrected chi connectivity index (χ4v) is 9.76. The molecule has 1 aromatic carbocycles. The van der Waals surface area contributed by atoms with Crippen molar-refractivity contribution in [3.05, 3.63) is 42.6 Å². The molecule has 58 heavy (non-hydrogen) atoms. The number of methoxy groups -OCH3 is 1. The van der Waals surface area contributed by atoms with E-state index in [1.165, 1.54) is 18.2 Å². The molecule has 0 radical (unpaired) electrons. The molecule has 1 saturated heterocycles. The fraction of sp³-hybridized carbons (Fsp3) is 0.634. The van der Waals surface area contributed by atoms with Gasteiger partial charge < -0.3 is 19.1 Å². The van der Waals surface area contributed by atoms with Crippen LogP contribution >= 0.6 is 0 Å². The first-order chi connectivity index (χ1) is 27.2. The highest BCUT2D eigenvalue weighted by Gasteiger charge is 2.63. The molecule has 0 unspecified atom stereocenters. The summed E-state index contributed by atoms with van der Waals surface area (Å²) < 4.78 is 98.6. The Bertz CT molecular complexity index is 2070. The summed E-state index contributed by atoms with van der Waals surface area (Å²) in [6.45, 7) is 3.84. The van der Waals surface area contributed by atoms with E-state index in [0.717, 1.165) is 13.8 Å². The van der Waals surface area contributed by atoms with Gasteiger partial charge in [0.15, 0.2) is 5.78 Å². The molecule has 3 fully saturated rings. The van der Waals surface area contributed by atoms with Gasteiger partial charge in [0.2, 0.25) is 27.4 Å². The van der Waals surface area contributed by atoms with Crippen LogP contribution in [0.5, 0.6) is 11.5 Å². The van der Waals surface area contributed by atoms with Gasteiger partial charge in [0.1, 0.15) is 29.0 Å². The molecule has 17 heteroatoms. The second-order valence-corrected chi connectivity index (χ2v) is 19.2. The number of carbonyl (C=O) groups is 4. The van der Waals surface area contributed by atoms with Gasteiger partial charge in [-0.2, -0.15) is 13.2 Å². The van der Waals surface area contributed by atoms with Crippen LogP contribution in [0.3, 0.4) is 0 Å². The lowest BCUT2D eigenvalue weighted by molar-refractivity contribution is -0.257. The number of carbonyl (C=O) groups excluding carboxylic acids is 4. The number of alkyl halides is 4. The molecule has 1 aromatic heterocycles. The normalized spacial score (nSPS) is 29.6. The Labute approximate surface area is 335 Å². The zero-order valence-electron chi connectivity index (χ0n) is 33.3. The van der Waals surface area contributed by atoms with E-state index >= 15 is 0 Å². The Morgan fingerprint density at radius 3 is 2.47 bits per heavy atom. The van der Waals surface area contributed by atoms with Gasteiger partial charge in [0, 0.05) is 30.5 Å². The maximum absolute atomic E-state index is 14.8. The summed E-state index contributed by atoms with van der Waals surface area (Å²) in [5.41, 5.74) is -3.77. The number of esters is 1. The SMILES string of the molecule is COc1ccc2c(O[C@@H]3C[C@H]4C(=O)C[C@]5(C(=O)NS(=O)(=O)C6(CF)CC6)C[C@H]5/C=C\CC[C@@H](C)C[C@@H](C)[C@H](CC(=O)OC(C)(C)C(F)(F)F)C(=O)N4C3)ccnc2c1. The van der Waals surface area contributed by atoms with Gasteiger partial charge >= 0.3 is 12.1 Å². The summed E-state index contributed by atoms with van der Waals surface area (Å²) in [7, 11) is -2.90. The molecular weight excluding hydrogens is 787 g/mol. The number of aromatic nitrogens is 1. The van der Waals surface area contributed by atoms with E-state index in [9.17, 15) is 45.2 Å². The molecule has 2 aromatic rings. The van der Waals surface area contributed by atoms with Crippen molar-refractivity contribution in [1.29, 1.82) is 0 Å². The van der Waals surface area contributed by atoms with Gasteiger partial charge in [-0.1, -0.05) is 26.0 Å². The average Bonchev–Trinajstić information content (AvgIpc) is 4.05. The van der Waals surface area contributed by atoms with E-state index in [2.05, 4.69) is 9.71 Å². The van der Waals surface area contributed by atoms with Crippen molar-refractivity contribution in [1.82, 2.24) is 14.6 Å². The van der Waals surface area contributed by atoms with E-state index in [-0.39, 0.29) is 38.1 Å². The van der Waals surface area contributed by atoms with E-state index < -0.39 is 105 Å². The molecule has 4 aliphatic rings. The Kier molecular flexibility index (Phi) is 12.0. The first kappa shape index (κ1) is 43.3. The number of hydrogen-bond donors (Lipinski definition) is 1. The predicted molar refractivity (Wildman–Crippen MR) is 204 cm³/mol. The number of fused-ring (bicyclic) bond motifs is 3. The van der Waals surface area contributed by atoms with Crippen molar-refractivity contribution >= 4 is 44.5 Å². The topological polar surface area (TPSA) is 158 Å². The van der Waals surface area contributed by atoms with E-state index in [1.54, 1.807) is 37.3 Å². The van der Waals surface area contributed by atoms with Gasteiger partial charge in [-0.25, -0.2) is 12.8 Å². The van der Waals surface area contributed by atoms with Crippen LogP contribution in [0, 0.1) is 29.1 Å². The van der Waals surface area contributed by atoms with Gasteiger partial charge in [0.05, 0.1) is 43.0 Å². The maximum atomic E-state index is 14.8. The number of rotatable bonds is 10. The largest absolute Gasteiger partial charge is 0.497 e. The number of halogens is 4. The van der Waals surface area contributed by atoms with Crippen LogP contribution < -0.4 is 14.2 Å². The van der Waals surface area contributed by atoms with E-state index in [1.807, 2.05) is 13.0 Å². The average molecular weight is 838 g/mol. The van der Waals surface area contributed by atoms with Crippen LogP contribution in [0.15, 0.2) is 42.6 Å². The zero-order valence-corrected chi connectivity index (χ0v) is 34.1. The lowest BCUT2D eigenvalue weighted by Gasteiger charge is -2.33. The maximum Gasteiger partial charge on any atom is 0.427 e. The van der Waals surface area contributed by atoms with Crippen molar-refractivity contribution < 1.29 is 59.4 Å². The third kappa shape index (κ3) is 8.69.